The fraction of sp³-hybridized carbons (Fsp3) is 0.226. The van der Waals surface area contributed by atoms with Gasteiger partial charge in [-0.15, -0.1) is 0 Å². The third-order valence-electron chi connectivity index (χ3n) is 7.61. The van der Waals surface area contributed by atoms with Crippen LogP contribution in [0.3, 0.4) is 0 Å². The minimum absolute atomic E-state index is 0.0474. The van der Waals surface area contributed by atoms with Gasteiger partial charge < -0.3 is 19.7 Å². The highest BCUT2D eigenvalue weighted by atomic mass is 19.2. The van der Waals surface area contributed by atoms with E-state index in [9.17, 15) is 28.6 Å². The van der Waals surface area contributed by atoms with Gasteiger partial charge in [-0.1, -0.05) is 25.1 Å². The zero-order chi connectivity index (χ0) is 29.6. The van der Waals surface area contributed by atoms with E-state index in [1.54, 1.807) is 13.0 Å². The quantitative estimate of drug-likeness (QED) is 0.332. The van der Waals surface area contributed by atoms with E-state index in [-0.39, 0.29) is 57.7 Å². The van der Waals surface area contributed by atoms with Crippen LogP contribution in [0.25, 0.3) is 17.2 Å². The fourth-order valence-electron chi connectivity index (χ4n) is 5.69. The smallest absolute Gasteiger partial charge is 0.416 e. The maximum Gasteiger partial charge on any atom is 0.416 e. The Kier molecular flexibility index (Phi) is 7.23. The van der Waals surface area contributed by atoms with Crippen LogP contribution in [-0.4, -0.2) is 53.3 Å². The molecule has 7 nitrogen and oxygen atoms in total. The molecule has 2 aromatic carbocycles. The van der Waals surface area contributed by atoms with Crippen LogP contribution in [-0.2, 0) is 9.47 Å². The molecule has 5 rings (SSSR count). The van der Waals surface area contributed by atoms with Crippen LogP contribution in [0.2, 0.25) is 0 Å². The van der Waals surface area contributed by atoms with Crippen molar-refractivity contribution in [1.82, 2.24) is 4.57 Å². The van der Waals surface area contributed by atoms with Crippen molar-refractivity contribution in [2.24, 2.45) is 0 Å². The SMILES string of the molecule is CCC(O)(COC)C1=C(c2ccc(C(=O)OC)cc2)C(F)=C2C(=Cc3ccn(C(=O)O)c32)[C@@H]1c1ccc(F)c(F)c1. The van der Waals surface area contributed by atoms with Gasteiger partial charge in [-0.3, -0.25) is 4.57 Å². The Morgan fingerprint density at radius 1 is 1.00 bits per heavy atom. The van der Waals surface area contributed by atoms with Gasteiger partial charge >= 0.3 is 12.1 Å². The van der Waals surface area contributed by atoms with Crippen LogP contribution >= 0.6 is 0 Å². The number of benzene rings is 2. The highest BCUT2D eigenvalue weighted by molar-refractivity contribution is 6.07. The Balaban J connectivity index is 1.90. The number of esters is 1. The minimum Gasteiger partial charge on any atom is -0.465 e. The normalized spacial score (nSPS) is 17.6. The first-order valence-corrected chi connectivity index (χ1v) is 12.7. The molecule has 0 amide bonds. The number of allylic oxidation sites excluding steroid dienone is 4. The van der Waals surface area contributed by atoms with Crippen LogP contribution in [0.1, 0.15) is 52.0 Å². The number of carbonyl (C=O) groups excluding carboxylic acids is 1. The van der Waals surface area contributed by atoms with Crippen LogP contribution in [0.5, 0.6) is 0 Å². The maximum absolute atomic E-state index is 17.0. The van der Waals surface area contributed by atoms with Gasteiger partial charge in [0, 0.05) is 35.9 Å². The number of fused-ring (bicyclic) bond motifs is 3. The van der Waals surface area contributed by atoms with E-state index >= 15 is 4.39 Å². The van der Waals surface area contributed by atoms with Crippen LogP contribution in [0.15, 0.2) is 71.7 Å². The van der Waals surface area contributed by atoms with E-state index in [0.29, 0.717) is 5.56 Å². The molecule has 10 heteroatoms. The second-order valence-electron chi connectivity index (χ2n) is 9.84. The Labute approximate surface area is 233 Å². The summed E-state index contributed by atoms with van der Waals surface area (Å²) in [5.41, 5.74) is -0.349. The number of halogens is 3. The molecule has 2 atom stereocenters. The molecule has 1 unspecified atom stereocenters. The van der Waals surface area contributed by atoms with Gasteiger partial charge in [-0.25, -0.2) is 22.8 Å². The third-order valence-corrected chi connectivity index (χ3v) is 7.61. The van der Waals surface area contributed by atoms with E-state index in [4.69, 9.17) is 9.47 Å². The van der Waals surface area contributed by atoms with Gasteiger partial charge in [0.15, 0.2) is 11.6 Å². The summed E-state index contributed by atoms with van der Waals surface area (Å²) in [6.45, 7) is 1.42. The van der Waals surface area contributed by atoms with Gasteiger partial charge in [0.25, 0.3) is 0 Å². The number of aliphatic hydroxyl groups is 1. The van der Waals surface area contributed by atoms with Crippen molar-refractivity contribution in [3.63, 3.8) is 0 Å². The average Bonchev–Trinajstić information content (AvgIpc) is 3.54. The van der Waals surface area contributed by atoms with Crippen molar-refractivity contribution in [1.29, 1.82) is 0 Å². The van der Waals surface area contributed by atoms with Crippen LogP contribution in [0.4, 0.5) is 18.0 Å². The second-order valence-corrected chi connectivity index (χ2v) is 9.84. The Bertz CT molecular complexity index is 1670. The zero-order valence-corrected chi connectivity index (χ0v) is 22.4. The van der Waals surface area contributed by atoms with E-state index < -0.39 is 41.0 Å². The highest BCUT2D eigenvalue weighted by Gasteiger charge is 2.47. The molecule has 2 N–H and O–H groups in total. The summed E-state index contributed by atoms with van der Waals surface area (Å²) >= 11 is 0. The first-order valence-electron chi connectivity index (χ1n) is 12.7. The molecule has 2 aliphatic carbocycles. The van der Waals surface area contributed by atoms with Crippen molar-refractivity contribution in [3.8, 4) is 0 Å². The first kappa shape index (κ1) is 28.1. The van der Waals surface area contributed by atoms with Crippen molar-refractivity contribution >= 4 is 29.3 Å². The van der Waals surface area contributed by atoms with Crippen LogP contribution in [0, 0.1) is 11.6 Å². The molecule has 0 saturated heterocycles. The molecule has 212 valence electrons. The molecule has 0 saturated carbocycles. The number of hydrogen-bond acceptors (Lipinski definition) is 5. The Hall–Kier alpha value is -4.41. The summed E-state index contributed by atoms with van der Waals surface area (Å²) in [5, 5.41) is 21.9. The summed E-state index contributed by atoms with van der Waals surface area (Å²) in [6.07, 6.45) is 1.61. The lowest BCUT2D eigenvalue weighted by molar-refractivity contribution is -0.00794. The summed E-state index contributed by atoms with van der Waals surface area (Å²) in [7, 11) is 2.60. The molecule has 0 radical (unpaired) electrons. The number of nitrogens with zero attached hydrogens (tertiary/aromatic N) is 1. The second kappa shape index (κ2) is 10.5. The highest BCUT2D eigenvalue weighted by Crippen LogP contribution is 2.58. The van der Waals surface area contributed by atoms with E-state index in [1.165, 1.54) is 56.8 Å². The number of aromatic nitrogens is 1. The average molecular weight is 566 g/mol. The van der Waals surface area contributed by atoms with Crippen molar-refractivity contribution in [2.75, 3.05) is 20.8 Å². The molecule has 0 bridgehead atoms. The Morgan fingerprint density at radius 3 is 2.29 bits per heavy atom. The van der Waals surface area contributed by atoms with Crippen molar-refractivity contribution in [3.05, 3.63) is 111 Å². The number of carboxylic acid groups (broad SMARTS) is 1. The maximum atomic E-state index is 17.0. The number of hydrogen-bond donors (Lipinski definition) is 2. The first-order chi connectivity index (χ1) is 19.6. The number of carbonyl (C=O) groups is 2. The van der Waals surface area contributed by atoms with Gasteiger partial charge in [-0.2, -0.15) is 0 Å². The summed E-state index contributed by atoms with van der Waals surface area (Å²) in [4.78, 5) is 24.1. The monoisotopic (exact) mass is 565 g/mol. The van der Waals surface area contributed by atoms with E-state index in [0.717, 1.165) is 16.7 Å². The van der Waals surface area contributed by atoms with Crippen LogP contribution < -0.4 is 0 Å². The van der Waals surface area contributed by atoms with Gasteiger partial charge in [0.05, 0.1) is 25.0 Å². The van der Waals surface area contributed by atoms with Crippen molar-refractivity contribution in [2.45, 2.75) is 24.9 Å². The van der Waals surface area contributed by atoms with Gasteiger partial charge in [0.2, 0.25) is 0 Å². The predicted molar refractivity (Wildman–Crippen MR) is 145 cm³/mol. The standard InChI is InChI=1S/C31H26F3NO6/c1-4-31(39,15-40-2)26-23(18-9-10-21(32)22(33)14-18)20-13-19-11-12-35(30(37)38)28(19)25(20)27(34)24(26)16-5-7-17(8-6-16)29(36)41-3/h5-14,23,39H,4,15H2,1-3H3,(H,37,38)/t23-,31?/m0/s1. The molecular formula is C31H26F3NO6. The lowest BCUT2D eigenvalue weighted by Crippen LogP contribution is -2.40. The summed E-state index contributed by atoms with van der Waals surface area (Å²) in [6, 6.07) is 10.6. The van der Waals surface area contributed by atoms with Crippen molar-refractivity contribution < 1.29 is 42.4 Å². The number of ether oxygens (including phenoxy) is 2. The molecule has 41 heavy (non-hydrogen) atoms. The molecule has 3 aromatic rings. The minimum atomic E-state index is -1.79. The zero-order valence-electron chi connectivity index (χ0n) is 22.4. The lowest BCUT2D eigenvalue weighted by atomic mass is 9.67. The summed E-state index contributed by atoms with van der Waals surface area (Å²) in [5.74, 6) is -4.68. The molecule has 0 spiro atoms. The van der Waals surface area contributed by atoms with Gasteiger partial charge in [0.1, 0.15) is 11.4 Å². The molecule has 1 heterocycles. The number of methoxy groups -OCH3 is 2. The largest absolute Gasteiger partial charge is 0.465 e. The molecular weight excluding hydrogens is 539 g/mol. The Morgan fingerprint density at radius 2 is 1.71 bits per heavy atom. The molecule has 2 aliphatic rings. The van der Waals surface area contributed by atoms with E-state index in [1.807, 2.05) is 0 Å². The summed E-state index contributed by atoms with van der Waals surface area (Å²) < 4.78 is 56.7. The third kappa shape index (κ3) is 4.49. The topological polar surface area (TPSA) is 98.0 Å². The van der Waals surface area contributed by atoms with Gasteiger partial charge in [-0.05, 0) is 65.1 Å². The molecule has 0 fully saturated rings. The lowest BCUT2D eigenvalue weighted by Gasteiger charge is -2.40. The fourth-order valence-corrected chi connectivity index (χ4v) is 5.69. The molecule has 0 aliphatic heterocycles. The van der Waals surface area contributed by atoms with E-state index in [2.05, 4.69) is 0 Å². The number of rotatable bonds is 7. The molecule has 1 aromatic heterocycles. The predicted octanol–water partition coefficient (Wildman–Crippen LogP) is 6.20.